The molecule has 1 aromatic carbocycles. The van der Waals surface area contributed by atoms with Crippen molar-refractivity contribution in [1.29, 1.82) is 0 Å². The topological polar surface area (TPSA) is 99.0 Å². The number of carbonyl (C=O) groups is 1. The first-order chi connectivity index (χ1) is 14.9. The van der Waals surface area contributed by atoms with Crippen LogP contribution in [0.3, 0.4) is 0 Å². The molecule has 0 N–H and O–H groups in total. The third-order valence-corrected chi connectivity index (χ3v) is 5.84. The Balaban J connectivity index is 1.44. The summed E-state index contributed by atoms with van der Waals surface area (Å²) in [5.74, 6) is 1.30. The van der Waals surface area contributed by atoms with E-state index in [2.05, 4.69) is 26.7 Å². The number of likely N-dealkylation sites (N-methyl/N-ethyl adjacent to an activating group) is 1. The van der Waals surface area contributed by atoms with Crippen LogP contribution in [0.1, 0.15) is 16.1 Å². The molecule has 3 heterocycles. The number of nitro benzene ring substituents is 1. The minimum Gasteiger partial charge on any atom is -0.354 e. The van der Waals surface area contributed by atoms with E-state index in [0.717, 1.165) is 37.7 Å². The van der Waals surface area contributed by atoms with Crippen LogP contribution in [0, 0.1) is 17.0 Å². The molecule has 0 bridgehead atoms. The fourth-order valence-electron chi connectivity index (χ4n) is 3.97. The highest BCUT2D eigenvalue weighted by atomic mass is 16.6. The smallest absolute Gasteiger partial charge is 0.282 e. The molecule has 1 amide bonds. The van der Waals surface area contributed by atoms with Crippen molar-refractivity contribution >= 4 is 23.4 Å². The molecule has 31 heavy (non-hydrogen) atoms. The molecular weight excluding hydrogens is 398 g/mol. The molecule has 0 saturated carbocycles. The average Bonchev–Trinajstić information content (AvgIpc) is 2.78. The van der Waals surface area contributed by atoms with Gasteiger partial charge in [0.15, 0.2) is 0 Å². The molecule has 0 atom stereocenters. The van der Waals surface area contributed by atoms with Gasteiger partial charge >= 0.3 is 0 Å². The largest absolute Gasteiger partial charge is 0.354 e. The molecule has 164 valence electrons. The molecule has 4 rings (SSSR count). The fourth-order valence-corrected chi connectivity index (χ4v) is 3.97. The molecule has 0 aliphatic carbocycles. The summed E-state index contributed by atoms with van der Waals surface area (Å²) in [6, 6.07) is 8.11. The molecule has 10 heteroatoms. The van der Waals surface area contributed by atoms with Crippen LogP contribution in [0.5, 0.6) is 0 Å². The van der Waals surface area contributed by atoms with Crippen LogP contribution in [-0.2, 0) is 0 Å². The van der Waals surface area contributed by atoms with Gasteiger partial charge in [-0.2, -0.15) is 4.98 Å². The predicted octanol–water partition coefficient (Wildman–Crippen LogP) is 1.41. The van der Waals surface area contributed by atoms with E-state index < -0.39 is 4.92 Å². The SMILES string of the molecule is Cc1cc(N2CCN(C)CC2)nc(N2CCN(C(=O)c3ccccc3[N+](=O)[O-])CC2)n1. The molecule has 2 saturated heterocycles. The van der Waals surface area contributed by atoms with Gasteiger partial charge in [0.05, 0.1) is 4.92 Å². The second-order valence-electron chi connectivity index (χ2n) is 8.01. The Morgan fingerprint density at radius 1 is 0.968 bits per heavy atom. The summed E-state index contributed by atoms with van der Waals surface area (Å²) in [6.45, 7) is 7.94. The van der Waals surface area contributed by atoms with E-state index >= 15 is 0 Å². The molecule has 0 radical (unpaired) electrons. The minimum atomic E-state index is -0.510. The molecule has 0 spiro atoms. The van der Waals surface area contributed by atoms with Crippen LogP contribution in [0.25, 0.3) is 0 Å². The number of nitrogens with zero attached hydrogens (tertiary/aromatic N) is 7. The predicted molar refractivity (Wildman–Crippen MR) is 118 cm³/mol. The summed E-state index contributed by atoms with van der Waals surface area (Å²) < 4.78 is 0. The number of hydrogen-bond acceptors (Lipinski definition) is 8. The number of para-hydroxylation sites is 1. The summed E-state index contributed by atoms with van der Waals surface area (Å²) in [7, 11) is 2.12. The summed E-state index contributed by atoms with van der Waals surface area (Å²) in [5, 5.41) is 11.3. The lowest BCUT2D eigenvalue weighted by atomic mass is 10.1. The van der Waals surface area contributed by atoms with Crippen molar-refractivity contribution in [2.24, 2.45) is 0 Å². The second-order valence-corrected chi connectivity index (χ2v) is 8.01. The van der Waals surface area contributed by atoms with Gasteiger partial charge in [-0.05, 0) is 20.0 Å². The van der Waals surface area contributed by atoms with E-state index in [1.165, 1.54) is 12.1 Å². The van der Waals surface area contributed by atoms with Gasteiger partial charge in [0, 0.05) is 70.2 Å². The lowest BCUT2D eigenvalue weighted by Gasteiger charge is -2.36. The molecule has 2 aliphatic rings. The van der Waals surface area contributed by atoms with E-state index in [0.29, 0.717) is 32.1 Å². The number of aryl methyl sites for hydroxylation is 1. The Morgan fingerprint density at radius 2 is 1.61 bits per heavy atom. The number of benzene rings is 1. The Labute approximate surface area is 181 Å². The van der Waals surface area contributed by atoms with Crippen molar-refractivity contribution in [3.63, 3.8) is 0 Å². The maximum atomic E-state index is 12.9. The zero-order valence-electron chi connectivity index (χ0n) is 17.9. The number of hydrogen-bond donors (Lipinski definition) is 0. The second kappa shape index (κ2) is 8.84. The minimum absolute atomic E-state index is 0.130. The van der Waals surface area contributed by atoms with Crippen LogP contribution in [0.2, 0.25) is 0 Å². The Hall–Kier alpha value is -3.27. The standard InChI is InChI=1S/C21H27N7O3/c1-16-15-19(25-9-7-24(2)8-10-25)23-21(22-16)27-13-11-26(12-14-27)20(29)17-5-3-4-6-18(17)28(30)31/h3-6,15H,7-14H2,1-2H3. The first-order valence-corrected chi connectivity index (χ1v) is 10.5. The molecule has 1 aromatic heterocycles. The third-order valence-electron chi connectivity index (χ3n) is 5.84. The number of rotatable bonds is 4. The zero-order valence-corrected chi connectivity index (χ0v) is 17.9. The van der Waals surface area contributed by atoms with E-state index in [1.54, 1.807) is 17.0 Å². The van der Waals surface area contributed by atoms with E-state index in [1.807, 2.05) is 13.0 Å². The third kappa shape index (κ3) is 4.58. The van der Waals surface area contributed by atoms with Gasteiger partial charge in [-0.3, -0.25) is 14.9 Å². The van der Waals surface area contributed by atoms with Gasteiger partial charge < -0.3 is 19.6 Å². The van der Waals surface area contributed by atoms with Crippen LogP contribution in [-0.4, -0.2) is 90.0 Å². The van der Waals surface area contributed by atoms with Gasteiger partial charge in [-0.25, -0.2) is 4.98 Å². The fraction of sp³-hybridized carbons (Fsp3) is 0.476. The van der Waals surface area contributed by atoms with Crippen LogP contribution >= 0.6 is 0 Å². The zero-order chi connectivity index (χ0) is 22.0. The molecule has 2 fully saturated rings. The van der Waals surface area contributed by atoms with E-state index in [4.69, 9.17) is 4.98 Å². The first kappa shape index (κ1) is 21.0. The lowest BCUT2D eigenvalue weighted by Crippen LogP contribution is -2.49. The Bertz CT molecular complexity index is 967. The summed E-state index contributed by atoms with van der Waals surface area (Å²) in [6.07, 6.45) is 0. The molecular formula is C21H27N7O3. The van der Waals surface area contributed by atoms with Crippen LogP contribution in [0.15, 0.2) is 30.3 Å². The maximum absolute atomic E-state index is 12.9. The number of nitro groups is 1. The molecule has 2 aliphatic heterocycles. The van der Waals surface area contributed by atoms with Gasteiger partial charge in [0.25, 0.3) is 11.6 Å². The van der Waals surface area contributed by atoms with Crippen molar-refractivity contribution < 1.29 is 9.72 Å². The van der Waals surface area contributed by atoms with Crippen LogP contribution in [0.4, 0.5) is 17.5 Å². The van der Waals surface area contributed by atoms with E-state index in [9.17, 15) is 14.9 Å². The van der Waals surface area contributed by atoms with Gasteiger partial charge in [0.2, 0.25) is 5.95 Å². The summed E-state index contributed by atoms with van der Waals surface area (Å²) in [4.78, 5) is 41.4. The number of carbonyl (C=O) groups excluding carboxylic acids is 1. The number of piperazine rings is 2. The molecule has 10 nitrogen and oxygen atoms in total. The maximum Gasteiger partial charge on any atom is 0.282 e. The summed E-state index contributed by atoms with van der Waals surface area (Å²) >= 11 is 0. The van der Waals surface area contributed by atoms with Gasteiger partial charge in [-0.15, -0.1) is 0 Å². The van der Waals surface area contributed by atoms with Crippen LogP contribution < -0.4 is 9.80 Å². The highest BCUT2D eigenvalue weighted by Crippen LogP contribution is 2.23. The molecule has 0 unspecified atom stereocenters. The Morgan fingerprint density at radius 3 is 2.29 bits per heavy atom. The van der Waals surface area contributed by atoms with Crippen molar-refractivity contribution in [3.8, 4) is 0 Å². The van der Waals surface area contributed by atoms with Crippen molar-refractivity contribution in [3.05, 3.63) is 51.7 Å². The summed E-state index contributed by atoms with van der Waals surface area (Å²) in [5.41, 5.74) is 0.885. The quantitative estimate of drug-likeness (QED) is 0.536. The average molecular weight is 425 g/mol. The van der Waals surface area contributed by atoms with Gasteiger partial charge in [0.1, 0.15) is 11.4 Å². The van der Waals surface area contributed by atoms with Gasteiger partial charge in [-0.1, -0.05) is 12.1 Å². The first-order valence-electron chi connectivity index (χ1n) is 10.5. The monoisotopic (exact) mass is 425 g/mol. The number of aromatic nitrogens is 2. The highest BCUT2D eigenvalue weighted by Gasteiger charge is 2.28. The number of anilines is 2. The molecule has 2 aromatic rings. The highest BCUT2D eigenvalue weighted by molar-refractivity contribution is 5.98. The Kier molecular flexibility index (Phi) is 5.99. The lowest BCUT2D eigenvalue weighted by molar-refractivity contribution is -0.385. The normalized spacial score (nSPS) is 17.7. The van der Waals surface area contributed by atoms with Crippen molar-refractivity contribution in [2.45, 2.75) is 6.92 Å². The van der Waals surface area contributed by atoms with Crippen molar-refractivity contribution in [1.82, 2.24) is 19.8 Å². The van der Waals surface area contributed by atoms with Crippen molar-refractivity contribution in [2.75, 3.05) is 69.2 Å². The number of amides is 1. The van der Waals surface area contributed by atoms with E-state index in [-0.39, 0.29) is 17.2 Å².